The normalized spacial score (nSPS) is 13.1. The molecule has 17 heavy (non-hydrogen) atoms. The van der Waals surface area contributed by atoms with Crippen molar-refractivity contribution in [2.24, 2.45) is 0 Å². The summed E-state index contributed by atoms with van der Waals surface area (Å²) in [5, 5.41) is 7.83. The fraction of sp³-hybridized carbons (Fsp3) is 0.182. The highest BCUT2D eigenvalue weighted by molar-refractivity contribution is 7.92. The lowest BCUT2D eigenvalue weighted by atomic mass is 10.2. The summed E-state index contributed by atoms with van der Waals surface area (Å²) in [7, 11) is -3.71. The van der Waals surface area contributed by atoms with Gasteiger partial charge in [-0.25, -0.2) is 17.6 Å². The van der Waals surface area contributed by atoms with E-state index < -0.39 is 32.4 Å². The van der Waals surface area contributed by atoms with Crippen molar-refractivity contribution in [2.75, 3.05) is 0 Å². The summed E-state index contributed by atoms with van der Waals surface area (Å²) in [5.74, 6) is -2.48. The largest absolute Gasteiger partial charge is 0.478 e. The molecule has 92 valence electrons. The molecule has 1 N–H and O–H groups in total. The first-order chi connectivity index (χ1) is 7.80. The molecule has 0 saturated carbocycles. The molecule has 6 heteroatoms. The van der Waals surface area contributed by atoms with Crippen LogP contribution in [0.1, 0.15) is 17.3 Å². The Bertz CT molecular complexity index is 563. The zero-order valence-electron chi connectivity index (χ0n) is 9.05. The third kappa shape index (κ3) is 2.52. The van der Waals surface area contributed by atoms with Crippen LogP contribution < -0.4 is 0 Å². The maximum Gasteiger partial charge on any atom is 0.338 e. The van der Waals surface area contributed by atoms with Crippen molar-refractivity contribution in [3.63, 3.8) is 0 Å². The van der Waals surface area contributed by atoms with Gasteiger partial charge in [0.2, 0.25) is 0 Å². The molecule has 1 aromatic rings. The van der Waals surface area contributed by atoms with Crippen LogP contribution in [0.2, 0.25) is 0 Å². The second kappa shape index (κ2) is 4.67. The SMILES string of the molecule is C=CC(C)S(=O)(=O)c1ccc(F)c(C(=O)O)c1. The second-order valence-electron chi connectivity index (χ2n) is 3.43. The van der Waals surface area contributed by atoms with Crippen molar-refractivity contribution < 1.29 is 22.7 Å². The first-order valence-electron chi connectivity index (χ1n) is 4.70. The average molecular weight is 258 g/mol. The maximum absolute atomic E-state index is 13.1. The summed E-state index contributed by atoms with van der Waals surface area (Å²) in [4.78, 5) is 10.5. The van der Waals surface area contributed by atoms with Crippen LogP contribution in [0.4, 0.5) is 4.39 Å². The minimum atomic E-state index is -3.71. The molecule has 0 amide bonds. The molecule has 1 aromatic carbocycles. The molecule has 0 aliphatic carbocycles. The third-order valence-corrected chi connectivity index (χ3v) is 4.40. The Morgan fingerprint density at radius 3 is 2.59 bits per heavy atom. The van der Waals surface area contributed by atoms with E-state index in [0.717, 1.165) is 18.2 Å². The number of sulfone groups is 1. The van der Waals surface area contributed by atoms with Crippen molar-refractivity contribution in [3.8, 4) is 0 Å². The number of halogens is 1. The van der Waals surface area contributed by atoms with Gasteiger partial charge in [0.1, 0.15) is 5.82 Å². The van der Waals surface area contributed by atoms with Gasteiger partial charge in [-0.3, -0.25) is 0 Å². The predicted octanol–water partition coefficient (Wildman–Crippen LogP) is 1.87. The quantitative estimate of drug-likeness (QED) is 0.661. The average Bonchev–Trinajstić information content (AvgIpc) is 2.27. The van der Waals surface area contributed by atoms with Crippen molar-refractivity contribution in [1.29, 1.82) is 0 Å². The zero-order chi connectivity index (χ0) is 13.2. The van der Waals surface area contributed by atoms with Crippen LogP contribution in [-0.4, -0.2) is 24.7 Å². The fourth-order valence-corrected chi connectivity index (χ4v) is 2.41. The number of benzene rings is 1. The molecular weight excluding hydrogens is 247 g/mol. The van der Waals surface area contributed by atoms with Gasteiger partial charge in [0, 0.05) is 0 Å². The highest BCUT2D eigenvalue weighted by atomic mass is 32.2. The van der Waals surface area contributed by atoms with E-state index in [9.17, 15) is 17.6 Å². The Hall–Kier alpha value is -1.69. The number of carboxylic acid groups (broad SMARTS) is 1. The number of hydrogen-bond donors (Lipinski definition) is 1. The number of carbonyl (C=O) groups is 1. The molecule has 1 unspecified atom stereocenters. The molecule has 4 nitrogen and oxygen atoms in total. The summed E-state index contributed by atoms with van der Waals surface area (Å²) in [6.07, 6.45) is 1.22. The third-order valence-electron chi connectivity index (χ3n) is 2.32. The van der Waals surface area contributed by atoms with E-state index in [1.165, 1.54) is 13.0 Å². The van der Waals surface area contributed by atoms with Crippen molar-refractivity contribution >= 4 is 15.8 Å². The van der Waals surface area contributed by atoms with Crippen molar-refractivity contribution in [2.45, 2.75) is 17.1 Å². The van der Waals surface area contributed by atoms with E-state index in [0.29, 0.717) is 0 Å². The van der Waals surface area contributed by atoms with Gasteiger partial charge in [-0.1, -0.05) is 6.08 Å². The van der Waals surface area contributed by atoms with E-state index in [1.54, 1.807) is 0 Å². The van der Waals surface area contributed by atoms with Gasteiger partial charge in [-0.05, 0) is 25.1 Å². The van der Waals surface area contributed by atoms with Crippen LogP contribution in [0, 0.1) is 5.82 Å². The standard InChI is InChI=1S/C11H11FO4S/c1-3-7(2)17(15,16)8-4-5-10(12)9(6-8)11(13)14/h3-7H,1H2,2H3,(H,13,14). The summed E-state index contributed by atoms with van der Waals surface area (Å²) in [6.45, 7) is 4.77. The molecule has 0 spiro atoms. The van der Waals surface area contributed by atoms with Gasteiger partial charge in [-0.2, -0.15) is 0 Å². The Kier molecular flexibility index (Phi) is 3.67. The molecule has 0 aliphatic rings. The molecule has 0 fully saturated rings. The number of hydrogen-bond acceptors (Lipinski definition) is 3. The minimum Gasteiger partial charge on any atom is -0.478 e. The summed E-state index contributed by atoms with van der Waals surface area (Å²) in [5.41, 5.74) is -0.665. The van der Waals surface area contributed by atoms with E-state index in [-0.39, 0.29) is 4.90 Å². The Balaban J connectivity index is 3.40. The lowest BCUT2D eigenvalue weighted by Crippen LogP contribution is -2.16. The summed E-state index contributed by atoms with van der Waals surface area (Å²) in [6, 6.07) is 2.68. The van der Waals surface area contributed by atoms with Gasteiger partial charge in [0.15, 0.2) is 9.84 Å². The maximum atomic E-state index is 13.1. The Morgan fingerprint density at radius 2 is 2.12 bits per heavy atom. The topological polar surface area (TPSA) is 71.4 Å². The highest BCUT2D eigenvalue weighted by Crippen LogP contribution is 2.20. The monoisotopic (exact) mass is 258 g/mol. The number of aromatic carboxylic acids is 1. The first kappa shape index (κ1) is 13.4. The molecule has 0 bridgehead atoms. The van der Waals surface area contributed by atoms with Crippen LogP contribution in [-0.2, 0) is 9.84 Å². The van der Waals surface area contributed by atoms with Gasteiger partial charge < -0.3 is 5.11 Å². The molecular formula is C11H11FO4S. The van der Waals surface area contributed by atoms with Gasteiger partial charge in [-0.15, -0.1) is 6.58 Å². The second-order valence-corrected chi connectivity index (χ2v) is 5.74. The number of carboxylic acids is 1. The van der Waals surface area contributed by atoms with Crippen LogP contribution >= 0.6 is 0 Å². The van der Waals surface area contributed by atoms with Crippen LogP contribution in [0.5, 0.6) is 0 Å². The summed E-state index contributed by atoms with van der Waals surface area (Å²) < 4.78 is 36.8. The fourth-order valence-electron chi connectivity index (χ4n) is 1.19. The van der Waals surface area contributed by atoms with E-state index >= 15 is 0 Å². The van der Waals surface area contributed by atoms with Crippen LogP contribution in [0.3, 0.4) is 0 Å². The molecule has 0 saturated heterocycles. The highest BCUT2D eigenvalue weighted by Gasteiger charge is 2.23. The van der Waals surface area contributed by atoms with E-state index in [1.807, 2.05) is 0 Å². The summed E-state index contributed by atoms with van der Waals surface area (Å²) >= 11 is 0. The lowest BCUT2D eigenvalue weighted by Gasteiger charge is -2.09. The number of rotatable bonds is 4. The molecule has 0 aromatic heterocycles. The zero-order valence-corrected chi connectivity index (χ0v) is 9.87. The van der Waals surface area contributed by atoms with E-state index in [2.05, 4.69) is 6.58 Å². The van der Waals surface area contributed by atoms with Crippen LogP contribution in [0.25, 0.3) is 0 Å². The molecule has 0 radical (unpaired) electrons. The van der Waals surface area contributed by atoms with Crippen molar-refractivity contribution in [3.05, 3.63) is 42.2 Å². The van der Waals surface area contributed by atoms with Crippen LogP contribution in [0.15, 0.2) is 35.7 Å². The molecule has 1 atom stereocenters. The Morgan fingerprint density at radius 1 is 1.53 bits per heavy atom. The first-order valence-corrected chi connectivity index (χ1v) is 6.24. The smallest absolute Gasteiger partial charge is 0.338 e. The van der Waals surface area contributed by atoms with Gasteiger partial charge in [0.25, 0.3) is 0 Å². The molecule has 0 aliphatic heterocycles. The van der Waals surface area contributed by atoms with Gasteiger partial charge >= 0.3 is 5.97 Å². The van der Waals surface area contributed by atoms with E-state index in [4.69, 9.17) is 5.11 Å². The lowest BCUT2D eigenvalue weighted by molar-refractivity contribution is 0.0691. The molecule has 1 rings (SSSR count). The minimum absolute atomic E-state index is 0.233. The van der Waals surface area contributed by atoms with Gasteiger partial charge in [0.05, 0.1) is 15.7 Å². The predicted molar refractivity (Wildman–Crippen MR) is 60.2 cm³/mol. The Labute approximate surface area is 98.3 Å². The molecule has 0 heterocycles. The van der Waals surface area contributed by atoms with Crippen molar-refractivity contribution in [1.82, 2.24) is 0 Å².